The van der Waals surface area contributed by atoms with Crippen molar-refractivity contribution in [2.45, 2.75) is 13.1 Å². The molecule has 0 spiro atoms. The van der Waals surface area contributed by atoms with Gasteiger partial charge in [-0.3, -0.25) is 9.48 Å². The molecule has 0 atom stereocenters. The molecular weight excluding hydrogens is 303 g/mol. The van der Waals surface area contributed by atoms with Crippen molar-refractivity contribution in [3.05, 3.63) is 28.8 Å². The lowest BCUT2D eigenvalue weighted by molar-refractivity contribution is -0.143. The van der Waals surface area contributed by atoms with Crippen LogP contribution in [0.2, 0.25) is 0 Å². The summed E-state index contributed by atoms with van der Waals surface area (Å²) in [6.07, 6.45) is -4.45. The molecule has 0 bridgehead atoms. The third kappa shape index (κ3) is 3.10. The number of amides is 1. The maximum atomic E-state index is 12.7. The molecule has 0 aromatic carbocycles. The topological polar surface area (TPSA) is 38.1 Å². The van der Waals surface area contributed by atoms with Gasteiger partial charge in [-0.15, -0.1) is 11.3 Å². The van der Waals surface area contributed by atoms with Crippen LogP contribution in [-0.4, -0.2) is 34.2 Å². The van der Waals surface area contributed by atoms with Crippen LogP contribution in [0.4, 0.5) is 13.2 Å². The average Bonchev–Trinajstić information content (AvgIpc) is 3.02. The summed E-state index contributed by atoms with van der Waals surface area (Å²) in [5, 5.41) is 3.87. The molecule has 2 rings (SSSR count). The molecule has 114 valence electrons. The molecule has 0 saturated carbocycles. The molecule has 4 nitrogen and oxygen atoms in total. The minimum atomic E-state index is -4.45. The van der Waals surface area contributed by atoms with Gasteiger partial charge in [0, 0.05) is 20.6 Å². The predicted molar refractivity (Wildman–Crippen MR) is 74.2 cm³/mol. The third-order valence-electron chi connectivity index (χ3n) is 3.06. The van der Waals surface area contributed by atoms with Gasteiger partial charge in [0.25, 0.3) is 5.91 Å². The highest BCUT2D eigenvalue weighted by Crippen LogP contribution is 2.34. The molecule has 2 aromatic heterocycles. The summed E-state index contributed by atoms with van der Waals surface area (Å²) in [7, 11) is 2.92. The maximum Gasteiger partial charge on any atom is 0.433 e. The number of aromatic nitrogens is 2. The van der Waals surface area contributed by atoms with Crippen molar-refractivity contribution < 1.29 is 18.0 Å². The van der Waals surface area contributed by atoms with Crippen molar-refractivity contribution >= 4 is 17.2 Å². The second-order valence-electron chi connectivity index (χ2n) is 4.52. The van der Waals surface area contributed by atoms with Gasteiger partial charge in [0.15, 0.2) is 0 Å². The summed E-state index contributed by atoms with van der Waals surface area (Å²) < 4.78 is 39.0. The van der Waals surface area contributed by atoms with Gasteiger partial charge in [0.2, 0.25) is 0 Å². The van der Waals surface area contributed by atoms with E-state index in [1.807, 2.05) is 6.92 Å². The average molecular weight is 317 g/mol. The van der Waals surface area contributed by atoms with Gasteiger partial charge in [-0.25, -0.2) is 0 Å². The quantitative estimate of drug-likeness (QED) is 0.871. The molecule has 0 fully saturated rings. The number of rotatable bonds is 3. The largest absolute Gasteiger partial charge is 0.433 e. The molecule has 0 radical (unpaired) electrons. The minimum absolute atomic E-state index is 0.152. The van der Waals surface area contributed by atoms with Crippen molar-refractivity contribution in [3.63, 3.8) is 0 Å². The van der Waals surface area contributed by atoms with Crippen LogP contribution in [0.5, 0.6) is 0 Å². The summed E-state index contributed by atoms with van der Waals surface area (Å²) in [4.78, 5) is 14.5. The molecule has 0 aliphatic carbocycles. The zero-order chi connectivity index (χ0) is 15.8. The Bertz CT molecular complexity index is 660. The molecule has 1 amide bonds. The fourth-order valence-corrected chi connectivity index (χ4v) is 2.73. The van der Waals surface area contributed by atoms with Gasteiger partial charge in [0.1, 0.15) is 11.4 Å². The molecule has 2 heterocycles. The summed E-state index contributed by atoms with van der Waals surface area (Å²) in [6.45, 7) is 2.41. The lowest BCUT2D eigenvalue weighted by Crippen LogP contribution is -2.25. The van der Waals surface area contributed by atoms with E-state index in [1.54, 1.807) is 19.2 Å². The number of aryl methyl sites for hydroxylation is 1. The van der Waals surface area contributed by atoms with Crippen molar-refractivity contribution in [2.24, 2.45) is 7.05 Å². The predicted octanol–water partition coefficient (Wildman–Crippen LogP) is 3.26. The maximum absolute atomic E-state index is 12.7. The molecule has 21 heavy (non-hydrogen) atoms. The van der Waals surface area contributed by atoms with Crippen molar-refractivity contribution in [3.8, 4) is 10.6 Å². The first kappa shape index (κ1) is 15.6. The fraction of sp³-hybridized carbons (Fsp3) is 0.385. The first-order valence-corrected chi connectivity index (χ1v) is 7.02. The monoisotopic (exact) mass is 317 g/mol. The van der Waals surface area contributed by atoms with Crippen LogP contribution in [0.25, 0.3) is 10.6 Å². The molecule has 0 saturated heterocycles. The summed E-state index contributed by atoms with van der Waals surface area (Å²) >= 11 is 1.14. The van der Waals surface area contributed by atoms with Gasteiger partial charge in [-0.1, -0.05) is 0 Å². The molecule has 0 aliphatic rings. The van der Waals surface area contributed by atoms with Crippen LogP contribution >= 0.6 is 11.3 Å². The van der Waals surface area contributed by atoms with E-state index in [0.717, 1.165) is 22.1 Å². The summed E-state index contributed by atoms with van der Waals surface area (Å²) in [5.74, 6) is -0.152. The highest BCUT2D eigenvalue weighted by Gasteiger charge is 2.35. The van der Waals surface area contributed by atoms with Crippen LogP contribution in [-0.2, 0) is 13.2 Å². The first-order valence-electron chi connectivity index (χ1n) is 6.21. The van der Waals surface area contributed by atoms with Crippen molar-refractivity contribution in [1.29, 1.82) is 0 Å². The Morgan fingerprint density at radius 1 is 1.43 bits per heavy atom. The van der Waals surface area contributed by atoms with Crippen LogP contribution < -0.4 is 0 Å². The van der Waals surface area contributed by atoms with E-state index in [0.29, 0.717) is 16.3 Å². The third-order valence-corrected chi connectivity index (χ3v) is 4.16. The Labute approximate surface area is 123 Å². The number of carbonyl (C=O) groups excluding carboxylic acids is 1. The Kier molecular flexibility index (Phi) is 4.08. The lowest BCUT2D eigenvalue weighted by Gasteiger charge is -2.12. The van der Waals surface area contributed by atoms with Gasteiger partial charge in [-0.05, 0) is 25.1 Å². The summed E-state index contributed by atoms with van der Waals surface area (Å²) in [5.41, 5.74) is -0.600. The summed E-state index contributed by atoms with van der Waals surface area (Å²) in [6, 6.07) is 4.21. The number of alkyl halides is 3. The number of halogens is 3. The van der Waals surface area contributed by atoms with E-state index >= 15 is 0 Å². The van der Waals surface area contributed by atoms with E-state index in [4.69, 9.17) is 0 Å². The standard InChI is InChI=1S/C13H14F3N3OS/c1-4-18(2)12(20)10-6-5-9(21-10)8-7-11(13(14,15)16)19(3)17-8/h5-7H,4H2,1-3H3. The van der Waals surface area contributed by atoms with Crippen LogP contribution in [0, 0.1) is 0 Å². The van der Waals surface area contributed by atoms with Crippen LogP contribution in [0.15, 0.2) is 18.2 Å². The van der Waals surface area contributed by atoms with Gasteiger partial charge in [-0.2, -0.15) is 18.3 Å². The highest BCUT2D eigenvalue weighted by molar-refractivity contribution is 7.17. The number of hydrogen-bond acceptors (Lipinski definition) is 3. The number of carbonyl (C=O) groups is 1. The molecule has 2 aromatic rings. The zero-order valence-electron chi connectivity index (χ0n) is 11.7. The zero-order valence-corrected chi connectivity index (χ0v) is 12.5. The highest BCUT2D eigenvalue weighted by atomic mass is 32.1. The van der Waals surface area contributed by atoms with Gasteiger partial charge in [0.05, 0.1) is 9.75 Å². The van der Waals surface area contributed by atoms with Crippen LogP contribution in [0.3, 0.4) is 0 Å². The molecular formula is C13H14F3N3OS. The van der Waals surface area contributed by atoms with E-state index in [9.17, 15) is 18.0 Å². The van der Waals surface area contributed by atoms with Crippen molar-refractivity contribution in [2.75, 3.05) is 13.6 Å². The Morgan fingerprint density at radius 3 is 2.62 bits per heavy atom. The molecule has 8 heteroatoms. The number of thiophene rings is 1. The Morgan fingerprint density at radius 2 is 2.10 bits per heavy atom. The minimum Gasteiger partial charge on any atom is -0.341 e. The molecule has 0 N–H and O–H groups in total. The van der Waals surface area contributed by atoms with E-state index < -0.39 is 11.9 Å². The smallest absolute Gasteiger partial charge is 0.341 e. The number of hydrogen-bond donors (Lipinski definition) is 0. The lowest BCUT2D eigenvalue weighted by atomic mass is 10.3. The second kappa shape index (κ2) is 5.51. The Hall–Kier alpha value is -1.83. The van der Waals surface area contributed by atoms with Crippen LogP contribution in [0.1, 0.15) is 22.3 Å². The van der Waals surface area contributed by atoms with E-state index in [-0.39, 0.29) is 11.6 Å². The fourth-order valence-electron chi connectivity index (χ4n) is 1.78. The second-order valence-corrected chi connectivity index (χ2v) is 5.60. The number of nitrogens with zero attached hydrogens (tertiary/aromatic N) is 3. The molecule has 0 aliphatic heterocycles. The van der Waals surface area contributed by atoms with Gasteiger partial charge < -0.3 is 4.90 Å². The van der Waals surface area contributed by atoms with Gasteiger partial charge >= 0.3 is 6.18 Å². The molecule has 0 unspecified atom stereocenters. The SMILES string of the molecule is CCN(C)C(=O)c1ccc(-c2cc(C(F)(F)F)n(C)n2)s1. The first-order chi connectivity index (χ1) is 9.74. The normalized spacial score (nSPS) is 11.7. The van der Waals surface area contributed by atoms with Crippen molar-refractivity contribution in [1.82, 2.24) is 14.7 Å². The Balaban J connectivity index is 2.33. The van der Waals surface area contributed by atoms with E-state index in [1.165, 1.54) is 11.9 Å². The van der Waals surface area contributed by atoms with E-state index in [2.05, 4.69) is 5.10 Å².